The van der Waals surface area contributed by atoms with Gasteiger partial charge in [-0.05, 0) is 5.92 Å². The first kappa shape index (κ1) is 38.2. The van der Waals surface area contributed by atoms with Crippen molar-refractivity contribution in [3.05, 3.63) is 55.7 Å². The Morgan fingerprint density at radius 1 is 1.00 bits per heavy atom. The van der Waals surface area contributed by atoms with Crippen molar-refractivity contribution < 1.29 is 164 Å². The summed E-state index contributed by atoms with van der Waals surface area (Å²) in [4.78, 5) is 0. The number of rotatable bonds is 2. The van der Waals surface area contributed by atoms with Gasteiger partial charge in [-0.2, -0.15) is 0 Å². The van der Waals surface area contributed by atoms with Gasteiger partial charge in [-0.3, -0.25) is 18.1 Å². The van der Waals surface area contributed by atoms with Crippen LogP contribution >= 0.6 is 0 Å². The van der Waals surface area contributed by atoms with E-state index in [1.165, 1.54) is 11.1 Å². The van der Waals surface area contributed by atoms with E-state index in [1.807, 2.05) is 6.92 Å². The maximum absolute atomic E-state index is 4.00. The molecule has 0 nitrogen and oxygen atoms in total. The maximum Gasteiger partial charge on any atom is 0 e. The van der Waals surface area contributed by atoms with Gasteiger partial charge in [0.1, 0.15) is 0 Å². The second-order valence-electron chi connectivity index (χ2n) is 3.40. The Bertz CT molecular complexity index is 274. The van der Waals surface area contributed by atoms with Crippen LogP contribution in [0.5, 0.6) is 0 Å². The van der Waals surface area contributed by atoms with Gasteiger partial charge in [0.15, 0.2) is 0 Å². The van der Waals surface area contributed by atoms with Gasteiger partial charge in [-0.25, -0.2) is 18.6 Å². The summed E-state index contributed by atoms with van der Waals surface area (Å²) < 4.78 is 0. The van der Waals surface area contributed by atoms with Crippen LogP contribution in [0.15, 0.2) is 18.2 Å². The molecule has 0 spiro atoms. The Morgan fingerprint density at radius 2 is 1.44 bits per heavy atom. The van der Waals surface area contributed by atoms with Crippen LogP contribution in [0.2, 0.25) is 0 Å². The Kier molecular flexibility index (Phi) is 45.6. The molecule has 0 amide bonds. The summed E-state index contributed by atoms with van der Waals surface area (Å²) in [5, 5.41) is 0. The van der Waals surface area contributed by atoms with Crippen molar-refractivity contribution >= 4 is 0 Å². The number of benzene rings is 1. The van der Waals surface area contributed by atoms with Crippen molar-refractivity contribution in [1.29, 1.82) is 0 Å². The molecule has 0 aliphatic heterocycles. The zero-order valence-corrected chi connectivity index (χ0v) is 26.2. The van der Waals surface area contributed by atoms with Crippen LogP contribution < -0.4 is 0 Å². The quantitative estimate of drug-likeness (QED) is 0.440. The summed E-state index contributed by atoms with van der Waals surface area (Å²) in [5.41, 5.74) is 3.73. The molecular formula is C13H19Y5-3. The molecule has 89 valence electrons. The van der Waals surface area contributed by atoms with Crippen LogP contribution in [0, 0.1) is 20.8 Å². The second kappa shape index (κ2) is 21.5. The predicted molar refractivity (Wildman–Crippen MR) is 60.5 cm³/mol. The third-order valence-electron chi connectivity index (χ3n) is 2.14. The molecule has 0 aliphatic carbocycles. The number of hydrogen-bond acceptors (Lipinski definition) is 0. The summed E-state index contributed by atoms with van der Waals surface area (Å²) in [6, 6.07) is 6.48. The fourth-order valence-corrected chi connectivity index (χ4v) is 1.27. The van der Waals surface area contributed by atoms with Crippen molar-refractivity contribution in [2.24, 2.45) is 0 Å². The first-order valence-corrected chi connectivity index (χ1v) is 4.40. The van der Waals surface area contributed by atoms with Gasteiger partial charge in [-0.1, -0.05) is 13.8 Å². The average Bonchev–Trinajstić information content (AvgIpc) is 2.04. The molecule has 0 saturated heterocycles. The monoisotopic (exact) mass is 620 g/mol. The molecular weight excluding hydrogens is 601 g/mol. The van der Waals surface area contributed by atoms with Crippen LogP contribution in [0.25, 0.3) is 0 Å². The molecule has 0 heterocycles. The van der Waals surface area contributed by atoms with Crippen molar-refractivity contribution in [2.45, 2.75) is 26.7 Å². The molecule has 0 saturated carbocycles. The minimum absolute atomic E-state index is 0. The molecule has 0 unspecified atom stereocenters. The minimum atomic E-state index is 0. The van der Waals surface area contributed by atoms with E-state index in [0.29, 0.717) is 5.92 Å². The molecule has 0 atom stereocenters. The summed E-state index contributed by atoms with van der Waals surface area (Å²) in [6.07, 6.45) is 2.09. The summed E-state index contributed by atoms with van der Waals surface area (Å²) in [7, 11) is 0. The SMILES string of the molecule is [CH2-]c1cc(C(C)C)ccc1[CH-]C.[CH3-].[Y].[Y].[Y].[Y].[Y]. The van der Waals surface area contributed by atoms with E-state index < -0.39 is 0 Å². The summed E-state index contributed by atoms with van der Waals surface area (Å²) >= 11 is 0. The zero-order valence-electron chi connectivity index (χ0n) is 12.0. The number of hydrogen-bond donors (Lipinski definition) is 0. The van der Waals surface area contributed by atoms with E-state index in [-0.39, 0.29) is 171 Å². The van der Waals surface area contributed by atoms with Crippen molar-refractivity contribution in [2.75, 3.05) is 0 Å². The molecule has 0 fully saturated rings. The van der Waals surface area contributed by atoms with Gasteiger partial charge in [-0.15, -0.1) is 18.6 Å². The van der Waals surface area contributed by atoms with Gasteiger partial charge in [0, 0.05) is 164 Å². The molecule has 5 radical (unpaired) electrons. The van der Waals surface area contributed by atoms with E-state index in [4.69, 9.17) is 0 Å². The molecule has 0 N–H and O–H groups in total. The van der Waals surface area contributed by atoms with Gasteiger partial charge < -0.3 is 7.43 Å². The van der Waals surface area contributed by atoms with E-state index >= 15 is 0 Å². The van der Waals surface area contributed by atoms with Crippen LogP contribution in [-0.2, 0) is 164 Å². The zero-order chi connectivity index (χ0) is 9.14. The molecule has 0 aliphatic rings. The molecule has 5 heteroatoms. The first-order chi connectivity index (χ1) is 5.65. The Morgan fingerprint density at radius 3 is 1.72 bits per heavy atom. The third kappa shape index (κ3) is 14.1. The van der Waals surface area contributed by atoms with Crippen LogP contribution in [0.4, 0.5) is 0 Å². The largest absolute Gasteiger partial charge is 0.358 e. The van der Waals surface area contributed by atoms with Crippen LogP contribution in [0.3, 0.4) is 0 Å². The van der Waals surface area contributed by atoms with Gasteiger partial charge >= 0.3 is 0 Å². The van der Waals surface area contributed by atoms with Crippen LogP contribution in [-0.4, -0.2) is 0 Å². The molecule has 18 heavy (non-hydrogen) atoms. The normalized spacial score (nSPS) is 6.89. The van der Waals surface area contributed by atoms with Crippen molar-refractivity contribution in [3.8, 4) is 0 Å². The second-order valence-corrected chi connectivity index (χ2v) is 3.40. The Hall–Kier alpha value is 4.48. The minimum Gasteiger partial charge on any atom is -0.358 e. The fraction of sp³-hybridized carbons (Fsp3) is 0.308. The smallest absolute Gasteiger partial charge is 0 e. The molecule has 0 aromatic heterocycles. The van der Waals surface area contributed by atoms with Crippen molar-refractivity contribution in [3.63, 3.8) is 0 Å². The molecule has 0 bridgehead atoms. The molecule has 1 aromatic rings. The van der Waals surface area contributed by atoms with Gasteiger partial charge in [0.05, 0.1) is 0 Å². The summed E-state index contributed by atoms with van der Waals surface area (Å²) in [5.74, 6) is 0.594. The van der Waals surface area contributed by atoms with Crippen molar-refractivity contribution in [1.82, 2.24) is 0 Å². The Labute approximate surface area is 240 Å². The van der Waals surface area contributed by atoms with E-state index in [0.717, 1.165) is 5.56 Å². The third-order valence-corrected chi connectivity index (χ3v) is 2.14. The Balaban J connectivity index is -0.0000000600. The van der Waals surface area contributed by atoms with Gasteiger partial charge in [0.25, 0.3) is 0 Å². The topological polar surface area (TPSA) is 0 Å². The maximum atomic E-state index is 4.00. The van der Waals surface area contributed by atoms with Crippen LogP contribution in [0.1, 0.15) is 43.4 Å². The first-order valence-electron chi connectivity index (χ1n) is 4.40. The predicted octanol–water partition coefficient (Wildman–Crippen LogP) is 4.00. The average molecular weight is 620 g/mol. The fourth-order valence-electron chi connectivity index (χ4n) is 1.27. The standard InChI is InChI=1S/C12H16.CH3.5Y/c1-5-11-6-7-12(9(2)3)8-10(11)4;;;;;;/h5-9H,4H2,1-3H3;1H3;;;;;/q-2;-1;;;;;. The van der Waals surface area contributed by atoms with Gasteiger partial charge in [0.2, 0.25) is 0 Å². The molecule has 1 rings (SSSR count). The van der Waals surface area contributed by atoms with E-state index in [1.54, 1.807) is 0 Å². The van der Waals surface area contributed by atoms with E-state index in [9.17, 15) is 0 Å². The molecule has 1 aromatic carbocycles. The summed E-state index contributed by atoms with van der Waals surface area (Å²) in [6.45, 7) is 10.4. The van der Waals surface area contributed by atoms with E-state index in [2.05, 4.69) is 45.4 Å².